The van der Waals surface area contributed by atoms with Crippen LogP contribution in [-0.2, 0) is 16.6 Å². The lowest BCUT2D eigenvalue weighted by molar-refractivity contribution is -0.125. The number of nitrogens with two attached hydrogens (primary N) is 1. The molecule has 0 atom stereocenters. The molecule has 0 radical (unpaired) electrons. The van der Waals surface area contributed by atoms with Crippen molar-refractivity contribution in [3.8, 4) is 11.1 Å². The average molecular weight is 523 g/mol. The van der Waals surface area contributed by atoms with Crippen molar-refractivity contribution in [2.75, 3.05) is 25.4 Å². The molecule has 2 heterocycles. The molecule has 1 aromatic heterocycles. The highest BCUT2D eigenvalue weighted by Gasteiger charge is 2.29. The van der Waals surface area contributed by atoms with E-state index in [1.165, 1.54) is 4.31 Å². The molecule has 0 spiro atoms. The first-order valence-corrected chi connectivity index (χ1v) is 13.4. The van der Waals surface area contributed by atoms with E-state index in [1.807, 2.05) is 18.3 Å². The summed E-state index contributed by atoms with van der Waals surface area (Å²) in [5.74, 6) is -0.418. The predicted octanol–water partition coefficient (Wildman–Crippen LogP) is 4.11. The SMILES string of the molecule is CCS(=O)(=O)N1CCC(c2c[nH]c3c(C(N)=O)cc(-c4cccc(CNCC(F)(F)F)c4)cc23)CC1. The maximum Gasteiger partial charge on any atom is 0.401 e. The van der Waals surface area contributed by atoms with Gasteiger partial charge in [-0.15, -0.1) is 0 Å². The Morgan fingerprint density at radius 2 is 1.89 bits per heavy atom. The summed E-state index contributed by atoms with van der Waals surface area (Å²) in [5, 5.41) is 3.23. The molecule has 11 heteroatoms. The van der Waals surface area contributed by atoms with Gasteiger partial charge in [0.15, 0.2) is 0 Å². The van der Waals surface area contributed by atoms with Crippen molar-refractivity contribution in [3.63, 3.8) is 0 Å². The summed E-state index contributed by atoms with van der Waals surface area (Å²) in [6.45, 7) is 1.47. The second-order valence-electron chi connectivity index (χ2n) is 9.05. The number of piperidine rings is 1. The zero-order valence-corrected chi connectivity index (χ0v) is 20.7. The lowest BCUT2D eigenvalue weighted by Crippen LogP contribution is -2.38. The normalized spacial score (nSPS) is 16.0. The zero-order chi connectivity index (χ0) is 26.1. The van der Waals surface area contributed by atoms with Crippen LogP contribution < -0.4 is 11.1 Å². The summed E-state index contributed by atoms with van der Waals surface area (Å²) in [6.07, 6.45) is -1.13. The molecule has 0 aliphatic carbocycles. The minimum atomic E-state index is -4.29. The Balaban J connectivity index is 1.65. The number of rotatable bonds is 8. The molecule has 0 saturated carbocycles. The number of benzene rings is 2. The summed E-state index contributed by atoms with van der Waals surface area (Å²) >= 11 is 0. The lowest BCUT2D eigenvalue weighted by atomic mass is 9.88. The number of hydrogen-bond donors (Lipinski definition) is 3. The van der Waals surface area contributed by atoms with E-state index in [1.54, 1.807) is 31.2 Å². The number of H-pyrrole nitrogens is 1. The number of nitrogens with one attached hydrogen (secondary N) is 2. The molecule has 0 unspecified atom stereocenters. The third-order valence-corrected chi connectivity index (χ3v) is 8.54. The van der Waals surface area contributed by atoms with Crippen molar-refractivity contribution in [3.05, 3.63) is 59.3 Å². The zero-order valence-electron chi connectivity index (χ0n) is 19.9. The smallest absolute Gasteiger partial charge is 0.366 e. The van der Waals surface area contributed by atoms with E-state index in [9.17, 15) is 26.4 Å². The monoisotopic (exact) mass is 522 g/mol. The topological polar surface area (TPSA) is 108 Å². The first kappa shape index (κ1) is 26.2. The van der Waals surface area contributed by atoms with Crippen molar-refractivity contribution in [2.24, 2.45) is 5.73 Å². The summed E-state index contributed by atoms with van der Waals surface area (Å²) in [5.41, 5.74) is 9.76. The highest BCUT2D eigenvalue weighted by Crippen LogP contribution is 2.37. The molecule has 4 N–H and O–H groups in total. The highest BCUT2D eigenvalue weighted by atomic mass is 32.2. The number of alkyl halides is 3. The Morgan fingerprint density at radius 1 is 1.17 bits per heavy atom. The Hall–Kier alpha value is -2.89. The van der Waals surface area contributed by atoms with Crippen LogP contribution >= 0.6 is 0 Å². The molecule has 4 rings (SSSR count). The van der Waals surface area contributed by atoms with Gasteiger partial charge in [-0.1, -0.05) is 18.2 Å². The van der Waals surface area contributed by atoms with Crippen molar-refractivity contribution in [1.82, 2.24) is 14.6 Å². The van der Waals surface area contributed by atoms with Gasteiger partial charge < -0.3 is 16.0 Å². The van der Waals surface area contributed by atoms with Crippen LogP contribution in [0.2, 0.25) is 0 Å². The van der Waals surface area contributed by atoms with E-state index in [0.717, 1.165) is 22.1 Å². The van der Waals surface area contributed by atoms with Gasteiger partial charge in [0, 0.05) is 31.2 Å². The summed E-state index contributed by atoms with van der Waals surface area (Å²) < 4.78 is 63.5. The molecule has 1 aliphatic rings. The molecule has 0 bridgehead atoms. The molecule has 3 aromatic rings. The fourth-order valence-electron chi connectivity index (χ4n) is 4.79. The fourth-order valence-corrected chi connectivity index (χ4v) is 5.92. The van der Waals surface area contributed by atoms with Gasteiger partial charge in [0.25, 0.3) is 5.91 Å². The minimum Gasteiger partial charge on any atom is -0.366 e. The first-order valence-electron chi connectivity index (χ1n) is 11.8. The van der Waals surface area contributed by atoms with E-state index in [2.05, 4.69) is 10.3 Å². The van der Waals surface area contributed by atoms with Crippen molar-refractivity contribution in [2.45, 2.75) is 38.4 Å². The summed E-state index contributed by atoms with van der Waals surface area (Å²) in [4.78, 5) is 15.5. The van der Waals surface area contributed by atoms with E-state index in [-0.39, 0.29) is 18.2 Å². The van der Waals surface area contributed by atoms with Gasteiger partial charge in [-0.2, -0.15) is 13.2 Å². The number of halogens is 3. The van der Waals surface area contributed by atoms with Crippen LogP contribution in [0.1, 0.15) is 47.2 Å². The molecule has 1 amide bonds. The maximum atomic E-state index is 12.5. The molecule has 1 aliphatic heterocycles. The van der Waals surface area contributed by atoms with Gasteiger partial charge in [0.2, 0.25) is 10.0 Å². The van der Waals surface area contributed by atoms with E-state index in [0.29, 0.717) is 42.6 Å². The summed E-state index contributed by atoms with van der Waals surface area (Å²) in [7, 11) is -3.24. The van der Waals surface area contributed by atoms with E-state index in [4.69, 9.17) is 5.73 Å². The molecular weight excluding hydrogens is 493 g/mol. The molecule has 2 aromatic carbocycles. The second kappa shape index (κ2) is 10.2. The van der Waals surface area contributed by atoms with Gasteiger partial charge in [-0.05, 0) is 66.1 Å². The van der Waals surface area contributed by atoms with Crippen LogP contribution in [0.25, 0.3) is 22.0 Å². The van der Waals surface area contributed by atoms with Gasteiger partial charge >= 0.3 is 6.18 Å². The van der Waals surface area contributed by atoms with E-state index >= 15 is 0 Å². The van der Waals surface area contributed by atoms with Crippen LogP contribution in [0.4, 0.5) is 13.2 Å². The number of aromatic nitrogens is 1. The third-order valence-electron chi connectivity index (χ3n) is 6.65. The van der Waals surface area contributed by atoms with Crippen LogP contribution in [0.3, 0.4) is 0 Å². The van der Waals surface area contributed by atoms with Gasteiger partial charge in [0.1, 0.15) is 0 Å². The van der Waals surface area contributed by atoms with Crippen LogP contribution in [0, 0.1) is 0 Å². The van der Waals surface area contributed by atoms with Gasteiger partial charge in [-0.25, -0.2) is 12.7 Å². The summed E-state index contributed by atoms with van der Waals surface area (Å²) in [6, 6.07) is 10.8. The molecule has 36 heavy (non-hydrogen) atoms. The third kappa shape index (κ3) is 5.74. The predicted molar refractivity (Wildman–Crippen MR) is 133 cm³/mol. The Labute approximate surface area is 207 Å². The molecule has 1 saturated heterocycles. The number of aromatic amines is 1. The minimum absolute atomic E-state index is 0.0485. The first-order chi connectivity index (χ1) is 17.0. The number of nitrogens with zero attached hydrogens (tertiary/aromatic N) is 1. The number of primary amides is 1. The lowest BCUT2D eigenvalue weighted by Gasteiger charge is -2.31. The number of carbonyl (C=O) groups is 1. The fraction of sp³-hybridized carbons (Fsp3) is 0.400. The van der Waals surface area contributed by atoms with E-state index < -0.39 is 28.7 Å². The molecule has 194 valence electrons. The standard InChI is InChI=1S/C25H29F3N4O3S/c1-2-36(34,35)32-8-6-17(7-9-32)22-14-31-23-20(22)11-19(12-21(23)24(29)33)18-5-3-4-16(10-18)13-30-15-25(26,27)28/h3-5,10-12,14,17,30-31H,2,6-9,13,15H2,1H3,(H2,29,33). The number of sulfonamides is 1. The highest BCUT2D eigenvalue weighted by molar-refractivity contribution is 7.89. The maximum absolute atomic E-state index is 12.5. The molecule has 7 nitrogen and oxygen atoms in total. The number of hydrogen-bond acceptors (Lipinski definition) is 4. The average Bonchev–Trinajstić information content (AvgIpc) is 3.27. The quantitative estimate of drug-likeness (QED) is 0.414. The van der Waals surface area contributed by atoms with Crippen LogP contribution in [0.5, 0.6) is 0 Å². The Kier molecular flexibility index (Phi) is 7.44. The van der Waals surface area contributed by atoms with Gasteiger partial charge in [-0.3, -0.25) is 4.79 Å². The molecule has 1 fully saturated rings. The van der Waals surface area contributed by atoms with Crippen molar-refractivity contribution in [1.29, 1.82) is 0 Å². The number of fused-ring (bicyclic) bond motifs is 1. The van der Waals surface area contributed by atoms with Crippen molar-refractivity contribution < 1.29 is 26.4 Å². The number of amides is 1. The number of carbonyl (C=O) groups excluding carboxylic acids is 1. The van der Waals surface area contributed by atoms with Gasteiger partial charge in [0.05, 0.1) is 23.4 Å². The van der Waals surface area contributed by atoms with Crippen LogP contribution in [-0.4, -0.2) is 55.2 Å². The largest absolute Gasteiger partial charge is 0.401 e. The molecular formula is C25H29F3N4O3S. The second-order valence-corrected chi connectivity index (χ2v) is 11.3. The van der Waals surface area contributed by atoms with Crippen LogP contribution in [0.15, 0.2) is 42.6 Å². The Bertz CT molecular complexity index is 1360. The Morgan fingerprint density at radius 3 is 2.53 bits per heavy atom. The van der Waals surface area contributed by atoms with Crippen molar-refractivity contribution >= 4 is 26.8 Å².